The van der Waals surface area contributed by atoms with Crippen molar-refractivity contribution in [2.75, 3.05) is 5.73 Å². The summed E-state index contributed by atoms with van der Waals surface area (Å²) in [5, 5.41) is 0. The lowest BCUT2D eigenvalue weighted by atomic mass is 10.2. The fraction of sp³-hybridized carbons (Fsp3) is 0.0714. The second-order valence-electron chi connectivity index (χ2n) is 4.23. The van der Waals surface area contributed by atoms with Gasteiger partial charge < -0.3 is 10.2 Å². The zero-order chi connectivity index (χ0) is 12.7. The Morgan fingerprint density at radius 2 is 2.06 bits per heavy atom. The topological polar surface area (TPSA) is 52.0 Å². The zero-order valence-corrected chi connectivity index (χ0v) is 11.9. The van der Waals surface area contributed by atoms with Gasteiger partial charge in [-0.3, -0.25) is 0 Å². The van der Waals surface area contributed by atoms with E-state index in [0.717, 1.165) is 20.2 Å². The molecule has 0 spiro atoms. The van der Waals surface area contributed by atoms with Crippen LogP contribution in [0.4, 0.5) is 5.69 Å². The molecule has 90 valence electrons. The molecule has 0 unspecified atom stereocenters. The molecule has 2 aromatic carbocycles. The van der Waals surface area contributed by atoms with Crippen molar-refractivity contribution in [2.24, 2.45) is 0 Å². The molecule has 1 heterocycles. The summed E-state index contributed by atoms with van der Waals surface area (Å²) >= 11 is 2.27. The SMILES string of the molecule is Cc1cc(N)c2oc(-c3cccc(I)c3)nc2c1. The van der Waals surface area contributed by atoms with Crippen LogP contribution in [0.1, 0.15) is 5.56 Å². The lowest BCUT2D eigenvalue weighted by Crippen LogP contribution is -1.86. The van der Waals surface area contributed by atoms with Crippen LogP contribution in [0.2, 0.25) is 0 Å². The van der Waals surface area contributed by atoms with E-state index < -0.39 is 0 Å². The Kier molecular flexibility index (Phi) is 2.74. The lowest BCUT2D eigenvalue weighted by molar-refractivity contribution is 0.621. The molecule has 0 saturated heterocycles. The number of nitrogen functional groups attached to an aromatic ring is 1. The van der Waals surface area contributed by atoms with E-state index in [4.69, 9.17) is 10.2 Å². The highest BCUT2D eigenvalue weighted by molar-refractivity contribution is 14.1. The number of hydrogen-bond acceptors (Lipinski definition) is 3. The first kappa shape index (κ1) is 11.5. The average molecular weight is 350 g/mol. The van der Waals surface area contributed by atoms with Crippen LogP contribution in [0, 0.1) is 10.5 Å². The second-order valence-corrected chi connectivity index (χ2v) is 5.48. The van der Waals surface area contributed by atoms with Crippen molar-refractivity contribution in [3.05, 3.63) is 45.5 Å². The van der Waals surface area contributed by atoms with Gasteiger partial charge in [0, 0.05) is 9.13 Å². The summed E-state index contributed by atoms with van der Waals surface area (Å²) in [6.07, 6.45) is 0. The second kappa shape index (κ2) is 4.28. The molecule has 1 aromatic heterocycles. The first-order chi connectivity index (χ1) is 8.63. The van der Waals surface area contributed by atoms with E-state index in [2.05, 4.69) is 27.6 Å². The molecule has 0 aliphatic rings. The van der Waals surface area contributed by atoms with Gasteiger partial charge in [0.2, 0.25) is 5.89 Å². The summed E-state index contributed by atoms with van der Waals surface area (Å²) in [5.41, 5.74) is 10.1. The van der Waals surface area contributed by atoms with Crippen molar-refractivity contribution in [1.82, 2.24) is 4.98 Å². The number of nitrogens with two attached hydrogens (primary N) is 1. The van der Waals surface area contributed by atoms with Gasteiger partial charge in [-0.2, -0.15) is 0 Å². The fourth-order valence-corrected chi connectivity index (χ4v) is 2.49. The van der Waals surface area contributed by atoms with Gasteiger partial charge in [0.15, 0.2) is 5.58 Å². The van der Waals surface area contributed by atoms with E-state index >= 15 is 0 Å². The van der Waals surface area contributed by atoms with Crippen LogP contribution >= 0.6 is 22.6 Å². The average Bonchev–Trinajstić information content (AvgIpc) is 2.73. The third kappa shape index (κ3) is 1.96. The number of fused-ring (bicyclic) bond motifs is 1. The van der Waals surface area contributed by atoms with Gasteiger partial charge in [-0.25, -0.2) is 4.98 Å². The number of halogens is 1. The van der Waals surface area contributed by atoms with Crippen molar-refractivity contribution in [2.45, 2.75) is 6.92 Å². The van der Waals surface area contributed by atoms with E-state index in [1.54, 1.807) is 0 Å². The summed E-state index contributed by atoms with van der Waals surface area (Å²) < 4.78 is 6.90. The highest BCUT2D eigenvalue weighted by Crippen LogP contribution is 2.29. The van der Waals surface area contributed by atoms with E-state index in [0.29, 0.717) is 17.2 Å². The largest absolute Gasteiger partial charge is 0.434 e. The first-order valence-electron chi connectivity index (χ1n) is 5.56. The minimum absolute atomic E-state index is 0.612. The fourth-order valence-electron chi connectivity index (χ4n) is 1.95. The number of nitrogens with zero attached hydrogens (tertiary/aromatic N) is 1. The molecule has 0 fully saturated rings. The number of anilines is 1. The zero-order valence-electron chi connectivity index (χ0n) is 9.77. The van der Waals surface area contributed by atoms with E-state index in [9.17, 15) is 0 Å². The first-order valence-corrected chi connectivity index (χ1v) is 6.64. The third-order valence-corrected chi connectivity index (χ3v) is 3.41. The molecular formula is C14H11IN2O. The molecule has 0 amide bonds. The van der Waals surface area contributed by atoms with Crippen LogP contribution in [0.25, 0.3) is 22.6 Å². The number of benzene rings is 2. The maximum Gasteiger partial charge on any atom is 0.227 e. The summed E-state index contributed by atoms with van der Waals surface area (Å²) in [4.78, 5) is 4.50. The molecule has 2 N–H and O–H groups in total. The lowest BCUT2D eigenvalue weighted by Gasteiger charge is -1.96. The molecule has 0 saturated carbocycles. The molecule has 18 heavy (non-hydrogen) atoms. The number of rotatable bonds is 1. The predicted molar refractivity (Wildman–Crippen MR) is 81.3 cm³/mol. The van der Waals surface area contributed by atoms with Crippen LogP contribution < -0.4 is 5.73 Å². The van der Waals surface area contributed by atoms with Crippen molar-refractivity contribution < 1.29 is 4.42 Å². The van der Waals surface area contributed by atoms with Crippen molar-refractivity contribution >= 4 is 39.4 Å². The summed E-state index contributed by atoms with van der Waals surface area (Å²) in [6, 6.07) is 11.9. The molecule has 0 aliphatic heterocycles. The minimum Gasteiger partial charge on any atom is -0.434 e. The van der Waals surface area contributed by atoms with Gasteiger partial charge in [-0.05, 0) is 65.4 Å². The van der Waals surface area contributed by atoms with E-state index in [-0.39, 0.29) is 0 Å². The van der Waals surface area contributed by atoms with E-state index in [1.807, 2.05) is 43.3 Å². The van der Waals surface area contributed by atoms with Gasteiger partial charge in [0.05, 0.1) is 5.69 Å². The quantitative estimate of drug-likeness (QED) is 0.533. The molecule has 0 radical (unpaired) electrons. The minimum atomic E-state index is 0.612. The highest BCUT2D eigenvalue weighted by atomic mass is 127. The molecule has 3 nitrogen and oxygen atoms in total. The molecule has 4 heteroatoms. The number of oxazole rings is 1. The number of aryl methyl sites for hydroxylation is 1. The van der Waals surface area contributed by atoms with Crippen LogP contribution in [0.5, 0.6) is 0 Å². The molecule has 0 atom stereocenters. The van der Waals surface area contributed by atoms with Crippen LogP contribution in [-0.2, 0) is 0 Å². The molecule has 3 aromatic rings. The van der Waals surface area contributed by atoms with Crippen molar-refractivity contribution in [3.8, 4) is 11.5 Å². The standard InChI is InChI=1S/C14H11IN2O/c1-8-5-11(16)13-12(6-8)17-14(18-13)9-3-2-4-10(15)7-9/h2-7H,16H2,1H3. The summed E-state index contributed by atoms with van der Waals surface area (Å²) in [7, 11) is 0. The maximum absolute atomic E-state index is 5.94. The Bertz CT molecular complexity index is 734. The monoisotopic (exact) mass is 350 g/mol. The normalized spacial score (nSPS) is 11.0. The van der Waals surface area contributed by atoms with Crippen molar-refractivity contribution in [1.29, 1.82) is 0 Å². The van der Waals surface area contributed by atoms with Gasteiger partial charge in [0.25, 0.3) is 0 Å². The Labute approximate surface area is 118 Å². The highest BCUT2D eigenvalue weighted by Gasteiger charge is 2.11. The summed E-state index contributed by atoms with van der Waals surface area (Å²) in [5.74, 6) is 0.612. The Hall–Kier alpha value is -1.56. The third-order valence-electron chi connectivity index (χ3n) is 2.73. The molecular weight excluding hydrogens is 339 g/mol. The summed E-state index contributed by atoms with van der Waals surface area (Å²) in [6.45, 7) is 2.00. The van der Waals surface area contributed by atoms with Crippen LogP contribution in [0.3, 0.4) is 0 Å². The number of hydrogen-bond donors (Lipinski definition) is 1. The molecule has 3 rings (SSSR count). The van der Waals surface area contributed by atoms with Gasteiger partial charge >= 0.3 is 0 Å². The maximum atomic E-state index is 5.94. The Morgan fingerprint density at radius 3 is 2.83 bits per heavy atom. The van der Waals surface area contributed by atoms with E-state index in [1.165, 1.54) is 0 Å². The number of aromatic nitrogens is 1. The van der Waals surface area contributed by atoms with Crippen LogP contribution in [-0.4, -0.2) is 4.98 Å². The Morgan fingerprint density at radius 1 is 1.22 bits per heavy atom. The van der Waals surface area contributed by atoms with Gasteiger partial charge in [-0.1, -0.05) is 6.07 Å². The smallest absolute Gasteiger partial charge is 0.227 e. The Balaban J connectivity index is 2.22. The van der Waals surface area contributed by atoms with Gasteiger partial charge in [0.1, 0.15) is 5.52 Å². The predicted octanol–water partition coefficient (Wildman–Crippen LogP) is 3.99. The van der Waals surface area contributed by atoms with Crippen molar-refractivity contribution in [3.63, 3.8) is 0 Å². The van der Waals surface area contributed by atoms with Gasteiger partial charge in [-0.15, -0.1) is 0 Å². The van der Waals surface area contributed by atoms with Crippen LogP contribution in [0.15, 0.2) is 40.8 Å². The molecule has 0 bridgehead atoms. The molecule has 0 aliphatic carbocycles.